The number of nitrogens with two attached hydrogens (primary N) is 2. The third-order valence-electron chi connectivity index (χ3n) is 20.6. The number of imide groups is 1. The fourth-order valence-corrected chi connectivity index (χ4v) is 14.7. The van der Waals surface area contributed by atoms with E-state index >= 15 is 19.2 Å². The van der Waals surface area contributed by atoms with Crippen molar-refractivity contribution < 1.29 is 52.5 Å². The van der Waals surface area contributed by atoms with E-state index in [4.69, 9.17) is 46.8 Å². The Balaban J connectivity index is 0.00000227. The smallest absolute Gasteiger partial charge is 0.417 e. The van der Waals surface area contributed by atoms with Crippen LogP contribution in [0.15, 0.2) is 127 Å². The van der Waals surface area contributed by atoms with Crippen LogP contribution in [0.2, 0.25) is 0 Å². The summed E-state index contributed by atoms with van der Waals surface area (Å²) in [6.45, 7) is 24.7. The number of ether oxygens (including phenoxy) is 5. The van der Waals surface area contributed by atoms with Crippen molar-refractivity contribution in [3.8, 4) is 17.2 Å². The molecule has 0 bridgehead atoms. The van der Waals surface area contributed by atoms with Gasteiger partial charge in [0.15, 0.2) is 17.2 Å². The predicted molar refractivity (Wildman–Crippen MR) is 399 cm³/mol. The predicted octanol–water partition coefficient (Wildman–Crippen LogP) is 15.8. The zero-order chi connectivity index (χ0) is 72.8. The molecule has 3 saturated carbocycles. The van der Waals surface area contributed by atoms with Crippen LogP contribution in [-0.4, -0.2) is 82.8 Å². The van der Waals surface area contributed by atoms with Crippen LogP contribution in [-0.2, 0) is 62.9 Å². The third-order valence-corrected chi connectivity index (χ3v) is 20.9. The van der Waals surface area contributed by atoms with Crippen LogP contribution < -0.4 is 46.9 Å². The Morgan fingerprint density at radius 2 is 0.921 bits per heavy atom. The molecule has 13 atom stereocenters. The summed E-state index contributed by atoms with van der Waals surface area (Å²) in [5.74, 6) is -2.57. The Kier molecular flexibility index (Phi) is 26.6. The molecule has 0 spiro atoms. The first kappa shape index (κ1) is 76.7. The second kappa shape index (κ2) is 35.0. The van der Waals surface area contributed by atoms with Crippen LogP contribution in [0.4, 0.5) is 27.5 Å². The number of nitrogens with zero attached hydrogens (tertiary/aromatic N) is 1. The highest BCUT2D eigenvalue weighted by atomic mass is 35.5. The molecule has 6 aromatic rings. The van der Waals surface area contributed by atoms with Crippen LogP contribution in [0.25, 0.3) is 0 Å². The number of hydrogen-bond acceptors (Lipinski definition) is 13. The van der Waals surface area contributed by atoms with Gasteiger partial charge in [-0.3, -0.25) is 24.0 Å². The van der Waals surface area contributed by atoms with Crippen molar-refractivity contribution in [2.75, 3.05) is 34.2 Å². The maximum Gasteiger partial charge on any atom is 0.417 e. The van der Waals surface area contributed by atoms with Crippen molar-refractivity contribution >= 4 is 70.0 Å². The molecule has 1 heterocycles. The monoisotopic (exact) mass is 1400 g/mol. The lowest BCUT2D eigenvalue weighted by Gasteiger charge is -2.43. The number of nitrogens with one attached hydrogen (secondary N) is 4. The molecule has 0 aromatic heterocycles. The van der Waals surface area contributed by atoms with Crippen LogP contribution in [0.1, 0.15) is 176 Å². The Hall–Kier alpha value is -8.45. The molecule has 1 saturated heterocycles. The number of halogens is 1. The number of epoxide rings is 1. The van der Waals surface area contributed by atoms with Gasteiger partial charge in [-0.25, -0.2) is 9.69 Å². The number of aryl methyl sites for hydroxylation is 3. The summed E-state index contributed by atoms with van der Waals surface area (Å²) >= 11 is 5.27. The Morgan fingerprint density at radius 3 is 1.37 bits per heavy atom. The van der Waals surface area contributed by atoms with Gasteiger partial charge in [-0.2, -0.15) is 0 Å². The summed E-state index contributed by atoms with van der Waals surface area (Å²) in [6.07, 6.45) is 3.99. The molecule has 4 fully saturated rings. The van der Waals surface area contributed by atoms with Crippen LogP contribution >= 0.6 is 11.6 Å². The van der Waals surface area contributed by atoms with E-state index in [2.05, 4.69) is 49.0 Å². The minimum absolute atomic E-state index is 0.0135. The quantitative estimate of drug-likeness (QED) is 0.0198. The van der Waals surface area contributed by atoms with Crippen LogP contribution in [0, 0.1) is 53.3 Å². The summed E-state index contributed by atoms with van der Waals surface area (Å²) in [6, 6.07) is 38.3. The number of amides is 6. The van der Waals surface area contributed by atoms with E-state index in [1.807, 2.05) is 150 Å². The number of anilines is 4. The van der Waals surface area contributed by atoms with E-state index in [-0.39, 0.29) is 114 Å². The van der Waals surface area contributed by atoms with Gasteiger partial charge in [0.25, 0.3) is 11.8 Å². The van der Waals surface area contributed by atoms with Gasteiger partial charge in [-0.05, 0) is 184 Å². The van der Waals surface area contributed by atoms with Crippen molar-refractivity contribution in [1.82, 2.24) is 10.2 Å². The van der Waals surface area contributed by atoms with E-state index in [1.165, 1.54) is 0 Å². The lowest BCUT2D eigenvalue weighted by atomic mass is 9.71. The van der Waals surface area contributed by atoms with E-state index in [0.29, 0.717) is 79.7 Å². The van der Waals surface area contributed by atoms with Gasteiger partial charge in [0.2, 0.25) is 17.7 Å². The standard InChI is InChI=1S/C79H101N7O10.C3H5ClO/c1-13-52-34-61(76(90)82-65-41-59(47(5)32-50(65)8)74(88)85-68-39-54(15-3)36-64(81)72(68)95-45-57-29-23-18-24-30-57)70(93-43-55-25-19-16-20-26-55)66(37-52)83-75(89)60-42-69(51(9)33-48(60)6)86(78(92)96-79(10,11)12)77(91)62-35-53(14-2)38-67(71(62)94-44-56-27-21-17-22-28-56)84-73(87)58-40-63(80)49(7)31-46(58)4;4-1-3-2-5-3/h16-30,34-39,46-51,58-60,63,65,69H,13-15,31-33,40-45,80-81H2,1-12H3,(H,82,90)(H,83,89)(H,84,87)(H,85,88);3H,1-2H2/t46-,47-,48+,49+,50+,51-,58-,59-,60+,63+,65+,69-;/m1./s1. The zero-order valence-electron chi connectivity index (χ0n) is 61.0. The fourth-order valence-electron chi connectivity index (χ4n) is 14.5. The van der Waals surface area contributed by atoms with Gasteiger partial charge < -0.3 is 56.4 Å². The van der Waals surface area contributed by atoms with Crippen molar-refractivity contribution in [2.24, 2.45) is 59.0 Å². The number of rotatable bonds is 23. The molecule has 10 rings (SSSR count). The molecule has 6 amide bonds. The maximum absolute atomic E-state index is 16.0. The highest BCUT2D eigenvalue weighted by molar-refractivity contribution is 6.18. The van der Waals surface area contributed by atoms with E-state index in [1.54, 1.807) is 32.9 Å². The molecule has 8 N–H and O–H groups in total. The highest BCUT2D eigenvalue weighted by Gasteiger charge is 2.46. The molecule has 4 aliphatic rings. The molecule has 19 heteroatoms. The lowest BCUT2D eigenvalue weighted by molar-refractivity contribution is -0.124. The SMILES string of the molecule is CCc1cc(N)c(OCc2ccccc2)c(NC(=O)[C@@H]2C[C@H](NC(=O)c3cc(CC)cc(NC(=O)[C@H]4C[C@@H](N(C(=O)OC(C)(C)C)C(=O)c5cc(CC)cc(NC(=O)[C@@H]6C[C@H](N)[C@@H](C)C[C@H]6C)c5OCc5ccccc5)[C@H](C)C[C@@H]4C)c3OCc3ccccc3)[C@@H](C)C[C@H]2C)c1.ClCC1CO1. The second-order valence-electron chi connectivity index (χ2n) is 29.6. The maximum atomic E-state index is 16.0. The molecular formula is C82H106ClN7O11. The molecule has 1 aliphatic heterocycles. The molecule has 6 aromatic carbocycles. The van der Waals surface area contributed by atoms with Gasteiger partial charge in [0, 0.05) is 35.9 Å². The summed E-state index contributed by atoms with van der Waals surface area (Å²) in [5, 5.41) is 12.9. The molecule has 18 nitrogen and oxygen atoms in total. The Morgan fingerprint density at radius 1 is 0.515 bits per heavy atom. The summed E-state index contributed by atoms with van der Waals surface area (Å²) in [7, 11) is 0. The highest BCUT2D eigenvalue weighted by Crippen LogP contribution is 2.44. The topological polar surface area (TPSA) is 255 Å². The number of carbonyl (C=O) groups is 6. The first-order valence-electron chi connectivity index (χ1n) is 36.3. The van der Waals surface area contributed by atoms with Gasteiger partial charge in [-0.15, -0.1) is 11.6 Å². The molecule has 542 valence electrons. The van der Waals surface area contributed by atoms with E-state index in [9.17, 15) is 9.59 Å². The average molecular weight is 1400 g/mol. The van der Waals surface area contributed by atoms with Crippen LogP contribution in [0.5, 0.6) is 17.2 Å². The zero-order valence-corrected chi connectivity index (χ0v) is 61.8. The number of carbonyl (C=O) groups excluding carboxylic acids is 6. The minimum Gasteiger partial charge on any atom is -0.486 e. The van der Waals surface area contributed by atoms with Gasteiger partial charge in [0.1, 0.15) is 25.4 Å². The number of alkyl halides is 1. The molecule has 0 radical (unpaired) electrons. The summed E-state index contributed by atoms with van der Waals surface area (Å²) in [4.78, 5) is 92.1. The number of hydrogen-bond donors (Lipinski definition) is 6. The third kappa shape index (κ3) is 20.2. The van der Waals surface area contributed by atoms with E-state index < -0.39 is 53.3 Å². The van der Waals surface area contributed by atoms with Crippen molar-refractivity contribution in [3.05, 3.63) is 172 Å². The summed E-state index contributed by atoms with van der Waals surface area (Å²) in [5.41, 5.74) is 19.0. The lowest BCUT2D eigenvalue weighted by Crippen LogP contribution is -2.54. The van der Waals surface area contributed by atoms with Gasteiger partial charge in [-0.1, -0.05) is 153 Å². The van der Waals surface area contributed by atoms with Crippen LogP contribution in [0.3, 0.4) is 0 Å². The molecule has 1 unspecified atom stereocenters. The average Bonchev–Trinajstić information content (AvgIpc) is 1.22. The van der Waals surface area contributed by atoms with E-state index in [0.717, 1.165) is 51.3 Å². The Bertz CT molecular complexity index is 3830. The summed E-state index contributed by atoms with van der Waals surface area (Å²) < 4.78 is 30.5. The molecule has 101 heavy (non-hydrogen) atoms. The fraction of sp³-hybridized carbons (Fsp3) is 0.488. The number of nitrogen functional groups attached to an aromatic ring is 1. The largest absolute Gasteiger partial charge is 0.486 e. The van der Waals surface area contributed by atoms with Gasteiger partial charge in [0.05, 0.1) is 52.5 Å². The van der Waals surface area contributed by atoms with Gasteiger partial charge >= 0.3 is 6.09 Å². The first-order chi connectivity index (χ1) is 48.3. The van der Waals surface area contributed by atoms with Crippen molar-refractivity contribution in [1.29, 1.82) is 0 Å². The number of benzene rings is 6. The second-order valence-corrected chi connectivity index (χ2v) is 29.9. The molecule has 3 aliphatic carbocycles. The first-order valence-corrected chi connectivity index (χ1v) is 36.8. The minimum atomic E-state index is -1.03. The Labute approximate surface area is 602 Å². The molecular weight excluding hydrogens is 1290 g/mol. The van der Waals surface area contributed by atoms with Crippen molar-refractivity contribution in [2.45, 2.75) is 191 Å². The normalized spacial score (nSPS) is 23.9. The van der Waals surface area contributed by atoms with Crippen molar-refractivity contribution in [3.63, 3.8) is 0 Å².